The topological polar surface area (TPSA) is 63.7 Å². The highest BCUT2D eigenvalue weighted by atomic mass is 16.5. The van der Waals surface area contributed by atoms with Crippen LogP contribution in [0.5, 0.6) is 5.75 Å². The van der Waals surface area contributed by atoms with Gasteiger partial charge < -0.3 is 19.7 Å². The van der Waals surface area contributed by atoms with Gasteiger partial charge in [0, 0.05) is 38.7 Å². The van der Waals surface area contributed by atoms with Crippen molar-refractivity contribution < 1.29 is 14.3 Å². The normalized spacial score (nSPS) is 11.6. The third-order valence-corrected chi connectivity index (χ3v) is 3.83. The molecule has 6 heteroatoms. The van der Waals surface area contributed by atoms with Gasteiger partial charge in [-0.25, -0.2) is 4.79 Å². The van der Waals surface area contributed by atoms with E-state index in [1.54, 1.807) is 31.5 Å². The van der Waals surface area contributed by atoms with Crippen LogP contribution in [0.4, 0.5) is 4.79 Å². The van der Waals surface area contributed by atoms with Crippen molar-refractivity contribution in [2.45, 2.75) is 19.6 Å². The van der Waals surface area contributed by atoms with Crippen molar-refractivity contribution in [3.05, 3.63) is 59.9 Å². The fourth-order valence-corrected chi connectivity index (χ4v) is 2.21. The molecule has 0 fully saturated rings. The molecule has 1 aromatic heterocycles. The van der Waals surface area contributed by atoms with Crippen LogP contribution in [0.15, 0.2) is 48.8 Å². The molecule has 0 aliphatic carbocycles. The molecule has 6 nitrogen and oxygen atoms in total. The second-order valence-electron chi connectivity index (χ2n) is 5.80. The van der Waals surface area contributed by atoms with E-state index in [-0.39, 0.29) is 12.1 Å². The molecule has 1 atom stereocenters. The van der Waals surface area contributed by atoms with E-state index >= 15 is 0 Å². The Morgan fingerprint density at radius 3 is 2.68 bits per heavy atom. The summed E-state index contributed by atoms with van der Waals surface area (Å²) in [6.45, 7) is 3.49. The van der Waals surface area contributed by atoms with E-state index in [0.29, 0.717) is 19.8 Å². The fourth-order valence-electron chi connectivity index (χ4n) is 2.21. The summed E-state index contributed by atoms with van der Waals surface area (Å²) in [6, 6.07) is 11.4. The first-order valence-electron chi connectivity index (χ1n) is 8.22. The standard InChI is InChI=1S/C19H25N3O3/c1-15(21-19(23)22(2)11-12-24-3)17-6-8-18(9-7-17)25-14-16-5-4-10-20-13-16/h4-10,13,15H,11-12,14H2,1-3H3,(H,21,23). The van der Waals surface area contributed by atoms with Crippen molar-refractivity contribution >= 4 is 6.03 Å². The summed E-state index contributed by atoms with van der Waals surface area (Å²) < 4.78 is 10.7. The third kappa shape index (κ3) is 6.08. The largest absolute Gasteiger partial charge is 0.489 e. The number of rotatable bonds is 8. The Bertz CT molecular complexity index is 647. The number of urea groups is 1. The Morgan fingerprint density at radius 1 is 1.28 bits per heavy atom. The first kappa shape index (κ1) is 18.7. The number of carbonyl (C=O) groups is 1. The first-order valence-corrected chi connectivity index (χ1v) is 8.22. The van der Waals surface area contributed by atoms with Gasteiger partial charge in [0.25, 0.3) is 0 Å². The van der Waals surface area contributed by atoms with Crippen LogP contribution in [-0.2, 0) is 11.3 Å². The summed E-state index contributed by atoms with van der Waals surface area (Å²) in [5, 5.41) is 2.96. The number of carbonyl (C=O) groups excluding carboxylic acids is 1. The van der Waals surface area contributed by atoms with Crippen molar-refractivity contribution in [1.29, 1.82) is 0 Å². The lowest BCUT2D eigenvalue weighted by Crippen LogP contribution is -2.40. The van der Waals surface area contributed by atoms with Gasteiger partial charge in [-0.15, -0.1) is 0 Å². The summed E-state index contributed by atoms with van der Waals surface area (Å²) in [5.74, 6) is 0.781. The zero-order valence-corrected chi connectivity index (χ0v) is 14.9. The molecule has 1 heterocycles. The minimum Gasteiger partial charge on any atom is -0.489 e. The van der Waals surface area contributed by atoms with E-state index in [2.05, 4.69) is 10.3 Å². The molecular weight excluding hydrogens is 318 g/mol. The number of nitrogens with zero attached hydrogens (tertiary/aromatic N) is 2. The van der Waals surface area contributed by atoms with Gasteiger partial charge in [-0.2, -0.15) is 0 Å². The summed E-state index contributed by atoms with van der Waals surface area (Å²) >= 11 is 0. The molecule has 0 saturated heterocycles. The van der Waals surface area contributed by atoms with E-state index in [1.165, 1.54) is 0 Å². The number of nitrogens with one attached hydrogen (secondary N) is 1. The summed E-state index contributed by atoms with van der Waals surface area (Å²) in [4.78, 5) is 17.8. The number of benzene rings is 1. The summed E-state index contributed by atoms with van der Waals surface area (Å²) in [5.41, 5.74) is 2.04. The predicted octanol–water partition coefficient (Wildman–Crippen LogP) is 3.01. The third-order valence-electron chi connectivity index (χ3n) is 3.83. The van der Waals surface area contributed by atoms with Crippen LogP contribution in [0.1, 0.15) is 24.1 Å². The highest BCUT2D eigenvalue weighted by Crippen LogP contribution is 2.18. The Morgan fingerprint density at radius 2 is 2.04 bits per heavy atom. The van der Waals surface area contributed by atoms with Crippen LogP contribution in [0, 0.1) is 0 Å². The molecule has 0 saturated carbocycles. The molecule has 0 bridgehead atoms. The Labute approximate surface area is 148 Å². The molecule has 134 valence electrons. The number of aromatic nitrogens is 1. The second-order valence-corrected chi connectivity index (χ2v) is 5.80. The molecule has 1 N–H and O–H groups in total. The molecule has 0 aliphatic heterocycles. The molecule has 0 aliphatic rings. The van der Waals surface area contributed by atoms with Crippen molar-refractivity contribution in [1.82, 2.24) is 15.2 Å². The summed E-state index contributed by atoms with van der Waals surface area (Å²) in [6.07, 6.45) is 3.52. The number of pyridine rings is 1. The van der Waals surface area contributed by atoms with Gasteiger partial charge in [0.1, 0.15) is 12.4 Å². The highest BCUT2D eigenvalue weighted by Gasteiger charge is 2.13. The fraction of sp³-hybridized carbons (Fsp3) is 0.368. The smallest absolute Gasteiger partial charge is 0.317 e. The highest BCUT2D eigenvalue weighted by molar-refractivity contribution is 5.74. The number of hydrogen-bond acceptors (Lipinski definition) is 4. The monoisotopic (exact) mass is 343 g/mol. The number of hydrogen-bond donors (Lipinski definition) is 1. The molecule has 0 spiro atoms. The van der Waals surface area contributed by atoms with E-state index < -0.39 is 0 Å². The zero-order chi connectivity index (χ0) is 18.1. The molecule has 2 aromatic rings. The van der Waals surface area contributed by atoms with Gasteiger partial charge in [0.15, 0.2) is 0 Å². The van der Waals surface area contributed by atoms with Gasteiger partial charge >= 0.3 is 6.03 Å². The van der Waals surface area contributed by atoms with E-state index in [4.69, 9.17) is 9.47 Å². The quantitative estimate of drug-likeness (QED) is 0.800. The minimum absolute atomic E-state index is 0.0927. The van der Waals surface area contributed by atoms with Crippen LogP contribution in [-0.4, -0.2) is 43.2 Å². The lowest BCUT2D eigenvalue weighted by atomic mass is 10.1. The van der Waals surface area contributed by atoms with Gasteiger partial charge in [-0.3, -0.25) is 4.98 Å². The van der Waals surface area contributed by atoms with E-state index in [1.807, 2.05) is 43.3 Å². The van der Waals surface area contributed by atoms with E-state index in [0.717, 1.165) is 16.9 Å². The molecule has 25 heavy (non-hydrogen) atoms. The van der Waals surface area contributed by atoms with Crippen LogP contribution in [0.2, 0.25) is 0 Å². The number of ether oxygens (including phenoxy) is 2. The predicted molar refractivity (Wildman–Crippen MR) is 96.5 cm³/mol. The van der Waals surface area contributed by atoms with Gasteiger partial charge in [0.2, 0.25) is 0 Å². The number of methoxy groups -OCH3 is 1. The molecular formula is C19H25N3O3. The number of amides is 2. The Balaban J connectivity index is 1.85. The van der Waals surface area contributed by atoms with Crippen molar-refractivity contribution in [3.63, 3.8) is 0 Å². The molecule has 1 unspecified atom stereocenters. The molecule has 2 rings (SSSR count). The van der Waals surface area contributed by atoms with E-state index in [9.17, 15) is 4.79 Å². The number of likely N-dealkylation sites (N-methyl/N-ethyl adjacent to an activating group) is 1. The Kier molecular flexibility index (Phi) is 7.22. The first-order chi connectivity index (χ1) is 12.1. The van der Waals surface area contributed by atoms with Crippen LogP contribution >= 0.6 is 0 Å². The van der Waals surface area contributed by atoms with Gasteiger partial charge in [0.05, 0.1) is 12.6 Å². The van der Waals surface area contributed by atoms with Crippen LogP contribution in [0.3, 0.4) is 0 Å². The Hall–Kier alpha value is -2.60. The average molecular weight is 343 g/mol. The zero-order valence-electron chi connectivity index (χ0n) is 14.9. The van der Waals surface area contributed by atoms with Gasteiger partial charge in [-0.1, -0.05) is 18.2 Å². The maximum Gasteiger partial charge on any atom is 0.317 e. The van der Waals surface area contributed by atoms with Crippen LogP contribution < -0.4 is 10.1 Å². The van der Waals surface area contributed by atoms with Crippen molar-refractivity contribution in [2.24, 2.45) is 0 Å². The lowest BCUT2D eigenvalue weighted by molar-refractivity contribution is 0.158. The van der Waals surface area contributed by atoms with Crippen molar-refractivity contribution in [3.8, 4) is 5.75 Å². The maximum atomic E-state index is 12.1. The molecule has 1 aromatic carbocycles. The molecule has 2 amide bonds. The van der Waals surface area contributed by atoms with Gasteiger partial charge in [-0.05, 0) is 30.7 Å². The van der Waals surface area contributed by atoms with Crippen LogP contribution in [0.25, 0.3) is 0 Å². The molecule has 0 radical (unpaired) electrons. The second kappa shape index (κ2) is 9.64. The SMILES string of the molecule is COCCN(C)C(=O)NC(C)c1ccc(OCc2cccnc2)cc1. The minimum atomic E-state index is -0.124. The van der Waals surface area contributed by atoms with Crippen molar-refractivity contribution in [2.75, 3.05) is 27.3 Å². The average Bonchev–Trinajstić information content (AvgIpc) is 2.65. The maximum absolute atomic E-state index is 12.1. The lowest BCUT2D eigenvalue weighted by Gasteiger charge is -2.21. The summed E-state index contributed by atoms with van der Waals surface area (Å²) in [7, 11) is 3.36.